The molecule has 0 heterocycles. The van der Waals surface area contributed by atoms with Crippen LogP contribution in [0.15, 0.2) is 24.3 Å². The minimum atomic E-state index is -0.309. The van der Waals surface area contributed by atoms with Crippen LogP contribution < -0.4 is 10.2 Å². The second-order valence-electron chi connectivity index (χ2n) is 3.35. The van der Waals surface area contributed by atoms with Gasteiger partial charge in [0.2, 0.25) is 0 Å². The fourth-order valence-electron chi connectivity index (χ4n) is 1.02. The molecule has 0 unspecified atom stereocenters. The van der Waals surface area contributed by atoms with E-state index in [0.717, 1.165) is 0 Å². The van der Waals surface area contributed by atoms with Crippen LogP contribution in [0.5, 0.6) is 11.5 Å². The maximum absolute atomic E-state index is 10.7. The van der Waals surface area contributed by atoms with E-state index in [1.165, 1.54) is 24.3 Å². The molecule has 2 aromatic carbocycles. The van der Waals surface area contributed by atoms with Crippen molar-refractivity contribution >= 4 is 69.6 Å². The van der Waals surface area contributed by atoms with Crippen LogP contribution in [0.3, 0.4) is 0 Å². The monoisotopic (exact) mass is 438 g/mol. The van der Waals surface area contributed by atoms with Gasteiger partial charge in [-0.2, -0.15) is 0 Å². The fourth-order valence-corrected chi connectivity index (χ4v) is 2.07. The zero-order valence-electron chi connectivity index (χ0n) is 9.89. The second kappa shape index (κ2) is 9.59. The van der Waals surface area contributed by atoms with E-state index in [9.17, 15) is 10.2 Å². The molecule has 2 nitrogen and oxygen atoms in total. The molecule has 21 heavy (non-hydrogen) atoms. The van der Waals surface area contributed by atoms with Crippen molar-refractivity contribution in [1.82, 2.24) is 0 Å². The topological polar surface area (TPSA) is 46.1 Å². The number of rotatable bonds is 0. The van der Waals surface area contributed by atoms with Gasteiger partial charge in [-0.3, -0.25) is 0 Å². The van der Waals surface area contributed by atoms with Gasteiger partial charge in [0, 0.05) is 0 Å². The van der Waals surface area contributed by atoms with Crippen molar-refractivity contribution in [2.45, 2.75) is 0 Å². The molecule has 9 heteroatoms. The van der Waals surface area contributed by atoms with E-state index in [-0.39, 0.29) is 53.3 Å². The molecule has 0 bridgehead atoms. The van der Waals surface area contributed by atoms with Crippen molar-refractivity contribution < 1.29 is 31.9 Å². The van der Waals surface area contributed by atoms with Crippen molar-refractivity contribution in [2.24, 2.45) is 0 Å². The Morgan fingerprint density at radius 1 is 0.524 bits per heavy atom. The van der Waals surface area contributed by atoms with E-state index in [1.807, 2.05) is 0 Å². The molecule has 0 aliphatic rings. The van der Waals surface area contributed by atoms with Gasteiger partial charge in [0.1, 0.15) is 0 Å². The molecule has 0 N–H and O–H groups in total. The summed E-state index contributed by atoms with van der Waals surface area (Å²) < 4.78 is 0. The maximum atomic E-state index is 10.7. The first-order valence-corrected chi connectivity index (χ1v) is 7.13. The Kier molecular flexibility index (Phi) is 9.82. The van der Waals surface area contributed by atoms with Crippen LogP contribution in [0.2, 0.25) is 30.1 Å². The Morgan fingerprint density at radius 2 is 0.810 bits per heavy atom. The first-order valence-electron chi connectivity index (χ1n) is 4.86. The van der Waals surface area contributed by atoms with Crippen LogP contribution >= 0.6 is 69.6 Å². The number of halogens is 6. The summed E-state index contributed by atoms with van der Waals surface area (Å²) in [5, 5.41) is 22.2. The van der Waals surface area contributed by atoms with Crippen molar-refractivity contribution in [2.75, 3.05) is 0 Å². The van der Waals surface area contributed by atoms with E-state index in [2.05, 4.69) is 0 Å². The zero-order chi connectivity index (χ0) is 15.4. The molecule has 0 spiro atoms. The molecule has 110 valence electrons. The van der Waals surface area contributed by atoms with E-state index in [1.54, 1.807) is 0 Å². The van der Waals surface area contributed by atoms with Crippen LogP contribution in [0.4, 0.5) is 0 Å². The Bertz CT molecular complexity index is 526. The Morgan fingerprint density at radius 3 is 1.05 bits per heavy atom. The summed E-state index contributed by atoms with van der Waals surface area (Å²) >= 11 is 33.0. The molecule has 0 saturated heterocycles. The van der Waals surface area contributed by atoms with Crippen molar-refractivity contribution in [1.29, 1.82) is 0 Å². The van der Waals surface area contributed by atoms with Crippen LogP contribution in [0.1, 0.15) is 0 Å². The first-order chi connectivity index (χ1) is 9.25. The molecule has 0 radical (unpaired) electrons. The minimum Gasteiger partial charge on any atom is -0.871 e. The molecule has 0 amide bonds. The third-order valence-corrected chi connectivity index (χ3v) is 4.55. The van der Waals surface area contributed by atoms with Gasteiger partial charge in [-0.25, -0.2) is 0 Å². The van der Waals surface area contributed by atoms with Gasteiger partial charge >= 0.3 is 21.7 Å². The van der Waals surface area contributed by atoms with E-state index in [4.69, 9.17) is 69.6 Å². The smallest absolute Gasteiger partial charge is 0.871 e. The molecular weight excluding hydrogens is 437 g/mol. The third-order valence-electron chi connectivity index (χ3n) is 2.00. The van der Waals surface area contributed by atoms with Gasteiger partial charge < -0.3 is 10.2 Å². The summed E-state index contributed by atoms with van der Waals surface area (Å²) in [5.74, 6) is -0.618. The van der Waals surface area contributed by atoms with E-state index in [0.29, 0.717) is 10.0 Å². The fraction of sp³-hybridized carbons (Fsp3) is 0. The number of hydrogen-bond donors (Lipinski definition) is 0. The average Bonchev–Trinajstić information content (AvgIpc) is 2.43. The first kappa shape index (κ1) is 21.5. The Labute approximate surface area is 166 Å². The maximum Gasteiger partial charge on any atom is 2.00 e. The predicted molar refractivity (Wildman–Crippen MR) is 81.8 cm³/mol. The average molecular weight is 441 g/mol. The molecule has 0 fully saturated rings. The third kappa shape index (κ3) is 5.89. The van der Waals surface area contributed by atoms with Crippen molar-refractivity contribution in [3.8, 4) is 11.5 Å². The van der Waals surface area contributed by atoms with Gasteiger partial charge in [-0.1, -0.05) is 93.2 Å². The van der Waals surface area contributed by atoms with Crippen LogP contribution in [-0.4, -0.2) is 0 Å². The van der Waals surface area contributed by atoms with Gasteiger partial charge in [-0.15, -0.1) is 0 Å². The normalized spacial score (nSPS) is 9.43. The standard InChI is InChI=1S/2C6H3Cl3O.Ti/c2*7-3-1-2-4(10)6(9)5(3)8;/h2*1-2,10H;/q;;+2/p-2. The van der Waals surface area contributed by atoms with Crippen LogP contribution in [0.25, 0.3) is 0 Å². The van der Waals surface area contributed by atoms with Gasteiger partial charge in [0.05, 0.1) is 30.1 Å². The summed E-state index contributed by atoms with van der Waals surface area (Å²) in [6.07, 6.45) is 0. The van der Waals surface area contributed by atoms with Crippen LogP contribution in [0, 0.1) is 0 Å². The molecule has 2 rings (SSSR count). The number of hydrogen-bond acceptors (Lipinski definition) is 2. The molecule has 0 aromatic heterocycles. The summed E-state index contributed by atoms with van der Waals surface area (Å²) in [6.45, 7) is 0. The predicted octanol–water partition coefficient (Wildman–Crippen LogP) is 5.44. The molecule has 2 aromatic rings. The largest absolute Gasteiger partial charge is 2.00 e. The SMILES string of the molecule is [O-]c1ccc(Cl)c(Cl)c1Cl.[O-]c1ccc(Cl)c(Cl)c1Cl.[Ti+2]. The molecule has 0 saturated carbocycles. The molecular formula is C12H4Cl6O2Ti. The van der Waals surface area contributed by atoms with Crippen LogP contribution in [-0.2, 0) is 21.7 Å². The Balaban J connectivity index is 0.000000364. The quantitative estimate of drug-likeness (QED) is 0.404. The Hall–Kier alpha value is 0.494. The summed E-state index contributed by atoms with van der Waals surface area (Å²) in [5.41, 5.74) is 0. The molecule has 0 aliphatic heterocycles. The van der Waals surface area contributed by atoms with Crippen molar-refractivity contribution in [3.05, 3.63) is 54.4 Å². The van der Waals surface area contributed by atoms with Crippen molar-refractivity contribution in [3.63, 3.8) is 0 Å². The van der Waals surface area contributed by atoms with Gasteiger partial charge in [-0.05, 0) is 12.1 Å². The second-order valence-corrected chi connectivity index (χ2v) is 5.67. The van der Waals surface area contributed by atoms with E-state index < -0.39 is 0 Å². The summed E-state index contributed by atoms with van der Waals surface area (Å²) in [4.78, 5) is 0. The summed E-state index contributed by atoms with van der Waals surface area (Å²) in [6, 6.07) is 5.38. The van der Waals surface area contributed by atoms with E-state index >= 15 is 0 Å². The minimum absolute atomic E-state index is 0. The zero-order valence-corrected chi connectivity index (χ0v) is 16.0. The number of benzene rings is 2. The summed E-state index contributed by atoms with van der Waals surface area (Å²) in [7, 11) is 0. The molecule has 0 atom stereocenters. The van der Waals surface area contributed by atoms with Gasteiger partial charge in [0.25, 0.3) is 0 Å². The van der Waals surface area contributed by atoms with Gasteiger partial charge in [0.15, 0.2) is 0 Å². The molecule has 0 aliphatic carbocycles.